The van der Waals surface area contributed by atoms with Crippen LogP contribution in [0.15, 0.2) is 54.6 Å². The molecular formula is C20H22ClN3O3. The van der Waals surface area contributed by atoms with Crippen molar-refractivity contribution in [2.45, 2.75) is 12.8 Å². The van der Waals surface area contributed by atoms with Gasteiger partial charge in [-0.15, -0.1) is 0 Å². The summed E-state index contributed by atoms with van der Waals surface area (Å²) in [7, 11) is 0. The van der Waals surface area contributed by atoms with E-state index in [0.29, 0.717) is 42.0 Å². The smallest absolute Gasteiger partial charge is 0.410 e. The molecule has 1 saturated heterocycles. The van der Waals surface area contributed by atoms with Crippen molar-refractivity contribution < 1.29 is 14.3 Å². The number of carbonyl (C=O) groups excluding carboxylic acids is 2. The second-order valence-electron chi connectivity index (χ2n) is 6.46. The predicted octanol–water partition coefficient (Wildman–Crippen LogP) is 4.37. The van der Waals surface area contributed by atoms with Crippen LogP contribution in [0.25, 0.3) is 0 Å². The van der Waals surface area contributed by atoms with Gasteiger partial charge in [0.2, 0.25) is 0 Å². The maximum atomic E-state index is 12.2. The first-order valence-corrected chi connectivity index (χ1v) is 9.30. The first-order chi connectivity index (χ1) is 13.1. The second-order valence-corrected chi connectivity index (χ2v) is 6.89. The summed E-state index contributed by atoms with van der Waals surface area (Å²) in [6.45, 7) is 1.80. The maximum Gasteiger partial charge on any atom is 0.415 e. The Morgan fingerprint density at radius 3 is 2.52 bits per heavy atom. The van der Waals surface area contributed by atoms with E-state index in [9.17, 15) is 9.59 Å². The van der Waals surface area contributed by atoms with Gasteiger partial charge in [0, 0.05) is 30.3 Å². The summed E-state index contributed by atoms with van der Waals surface area (Å²) < 4.78 is 5.36. The van der Waals surface area contributed by atoms with E-state index in [1.54, 1.807) is 41.3 Å². The zero-order valence-electron chi connectivity index (χ0n) is 14.9. The van der Waals surface area contributed by atoms with Gasteiger partial charge in [-0.3, -0.25) is 0 Å². The van der Waals surface area contributed by atoms with Crippen LogP contribution in [-0.2, 0) is 0 Å². The fourth-order valence-corrected chi connectivity index (χ4v) is 3.14. The van der Waals surface area contributed by atoms with Crippen LogP contribution in [0.1, 0.15) is 12.8 Å². The standard InChI is InChI=1S/C20H22ClN3O3/c21-16-5-4-6-17(13-16)23-19(25)22-14-15-9-11-24(12-10-15)20(26)27-18-7-2-1-3-8-18/h1-8,13,15H,9-12,14H2,(H2,22,23,25). The average molecular weight is 388 g/mol. The first kappa shape index (κ1) is 19.0. The number of hydrogen-bond donors (Lipinski definition) is 2. The Morgan fingerprint density at radius 1 is 1.07 bits per heavy atom. The summed E-state index contributed by atoms with van der Waals surface area (Å²) in [6.07, 6.45) is 1.31. The molecule has 3 rings (SSSR count). The summed E-state index contributed by atoms with van der Waals surface area (Å²) in [5.41, 5.74) is 0.651. The predicted molar refractivity (Wildman–Crippen MR) is 105 cm³/mol. The first-order valence-electron chi connectivity index (χ1n) is 8.92. The molecule has 0 saturated carbocycles. The van der Waals surface area contributed by atoms with Gasteiger partial charge in [0.15, 0.2) is 0 Å². The number of ether oxygens (including phenoxy) is 1. The van der Waals surface area contributed by atoms with Crippen molar-refractivity contribution in [3.8, 4) is 5.75 Å². The lowest BCUT2D eigenvalue weighted by Crippen LogP contribution is -2.43. The lowest BCUT2D eigenvalue weighted by Gasteiger charge is -2.31. The molecule has 0 radical (unpaired) electrons. The van der Waals surface area contributed by atoms with Crippen LogP contribution in [0.5, 0.6) is 5.75 Å². The molecule has 2 N–H and O–H groups in total. The fourth-order valence-electron chi connectivity index (χ4n) is 2.95. The second kappa shape index (κ2) is 9.28. The largest absolute Gasteiger partial charge is 0.415 e. The number of urea groups is 1. The Morgan fingerprint density at radius 2 is 1.81 bits per heavy atom. The average Bonchev–Trinajstić information content (AvgIpc) is 2.67. The molecule has 1 fully saturated rings. The summed E-state index contributed by atoms with van der Waals surface area (Å²) in [4.78, 5) is 25.9. The summed E-state index contributed by atoms with van der Waals surface area (Å²) in [5, 5.41) is 6.21. The van der Waals surface area contributed by atoms with Gasteiger partial charge < -0.3 is 20.3 Å². The van der Waals surface area contributed by atoms with Crippen LogP contribution in [0, 0.1) is 5.92 Å². The molecular weight excluding hydrogens is 366 g/mol. The highest BCUT2D eigenvalue weighted by atomic mass is 35.5. The highest BCUT2D eigenvalue weighted by molar-refractivity contribution is 6.30. The number of likely N-dealkylation sites (tertiary alicyclic amines) is 1. The summed E-state index contributed by atoms with van der Waals surface area (Å²) >= 11 is 5.90. The van der Waals surface area contributed by atoms with Gasteiger partial charge in [-0.05, 0) is 49.1 Å². The number of amides is 3. The Balaban J connectivity index is 1.38. The molecule has 0 spiro atoms. The van der Waals surface area contributed by atoms with Gasteiger partial charge in [-0.1, -0.05) is 35.9 Å². The summed E-state index contributed by atoms with van der Waals surface area (Å²) in [6, 6.07) is 15.8. The lowest BCUT2D eigenvalue weighted by atomic mass is 9.97. The van der Waals surface area contributed by atoms with Crippen molar-refractivity contribution in [3.63, 3.8) is 0 Å². The van der Waals surface area contributed by atoms with Gasteiger partial charge in [0.05, 0.1) is 0 Å². The van der Waals surface area contributed by atoms with Gasteiger partial charge >= 0.3 is 12.1 Å². The number of nitrogens with zero attached hydrogens (tertiary/aromatic N) is 1. The highest BCUT2D eigenvalue weighted by Crippen LogP contribution is 2.19. The molecule has 0 aliphatic carbocycles. The molecule has 6 nitrogen and oxygen atoms in total. The third-order valence-electron chi connectivity index (χ3n) is 4.45. The number of anilines is 1. The van der Waals surface area contributed by atoms with E-state index in [1.807, 2.05) is 18.2 Å². The van der Waals surface area contributed by atoms with Crippen molar-refractivity contribution in [2.75, 3.05) is 25.0 Å². The van der Waals surface area contributed by atoms with E-state index >= 15 is 0 Å². The normalized spacial score (nSPS) is 14.5. The molecule has 27 heavy (non-hydrogen) atoms. The van der Waals surface area contributed by atoms with Crippen molar-refractivity contribution in [1.82, 2.24) is 10.2 Å². The monoisotopic (exact) mass is 387 g/mol. The Kier molecular flexibility index (Phi) is 6.54. The molecule has 0 bridgehead atoms. The van der Waals surface area contributed by atoms with Crippen LogP contribution < -0.4 is 15.4 Å². The lowest BCUT2D eigenvalue weighted by molar-refractivity contribution is 0.130. The minimum absolute atomic E-state index is 0.261. The molecule has 1 aliphatic rings. The Bertz CT molecular complexity index is 777. The number of carbonyl (C=O) groups is 2. The minimum Gasteiger partial charge on any atom is -0.410 e. The fraction of sp³-hybridized carbons (Fsp3) is 0.300. The topological polar surface area (TPSA) is 70.7 Å². The number of hydrogen-bond acceptors (Lipinski definition) is 3. The number of nitrogens with one attached hydrogen (secondary N) is 2. The molecule has 1 heterocycles. The zero-order valence-corrected chi connectivity index (χ0v) is 15.6. The molecule has 7 heteroatoms. The van der Waals surface area contributed by atoms with E-state index in [-0.39, 0.29) is 12.1 Å². The third-order valence-corrected chi connectivity index (χ3v) is 4.69. The van der Waals surface area contributed by atoms with E-state index in [0.717, 1.165) is 12.8 Å². The van der Waals surface area contributed by atoms with Gasteiger partial charge in [0.1, 0.15) is 5.75 Å². The van der Waals surface area contributed by atoms with E-state index in [2.05, 4.69) is 10.6 Å². The van der Waals surface area contributed by atoms with Crippen molar-refractivity contribution in [2.24, 2.45) is 5.92 Å². The van der Waals surface area contributed by atoms with E-state index in [4.69, 9.17) is 16.3 Å². The highest BCUT2D eigenvalue weighted by Gasteiger charge is 2.24. The molecule has 142 valence electrons. The number of piperidine rings is 1. The van der Waals surface area contributed by atoms with Crippen LogP contribution >= 0.6 is 11.6 Å². The SMILES string of the molecule is O=C(NCC1CCN(C(=O)Oc2ccccc2)CC1)Nc1cccc(Cl)c1. The number of halogens is 1. The van der Waals surface area contributed by atoms with Gasteiger partial charge in [0.25, 0.3) is 0 Å². The van der Waals surface area contributed by atoms with Gasteiger partial charge in [-0.25, -0.2) is 9.59 Å². The zero-order chi connectivity index (χ0) is 19.1. The number of benzene rings is 2. The van der Waals surface area contributed by atoms with E-state index < -0.39 is 0 Å². The van der Waals surface area contributed by atoms with Crippen LogP contribution in [-0.4, -0.2) is 36.7 Å². The number of rotatable bonds is 4. The minimum atomic E-state index is -0.327. The maximum absolute atomic E-state index is 12.2. The van der Waals surface area contributed by atoms with Gasteiger partial charge in [-0.2, -0.15) is 0 Å². The number of para-hydroxylation sites is 1. The van der Waals surface area contributed by atoms with Crippen LogP contribution in [0.2, 0.25) is 5.02 Å². The molecule has 0 aromatic heterocycles. The van der Waals surface area contributed by atoms with Crippen molar-refractivity contribution in [3.05, 3.63) is 59.6 Å². The van der Waals surface area contributed by atoms with Crippen molar-refractivity contribution in [1.29, 1.82) is 0 Å². The summed E-state index contributed by atoms with van der Waals surface area (Å²) in [5.74, 6) is 0.875. The molecule has 0 unspecified atom stereocenters. The Hall–Kier alpha value is -2.73. The molecule has 3 amide bonds. The quantitative estimate of drug-likeness (QED) is 0.818. The van der Waals surface area contributed by atoms with Crippen LogP contribution in [0.3, 0.4) is 0 Å². The molecule has 2 aromatic rings. The molecule has 2 aromatic carbocycles. The third kappa shape index (κ3) is 5.89. The van der Waals surface area contributed by atoms with Crippen LogP contribution in [0.4, 0.5) is 15.3 Å². The molecule has 0 atom stereocenters. The van der Waals surface area contributed by atoms with E-state index in [1.165, 1.54) is 0 Å². The Labute approximate surface area is 163 Å². The molecule has 1 aliphatic heterocycles. The van der Waals surface area contributed by atoms with Crippen molar-refractivity contribution >= 4 is 29.4 Å².